The molecule has 2 bridgehead atoms. The fraction of sp³-hybridized carbons (Fsp3) is 0.778. The first-order chi connectivity index (χ1) is 6.16. The summed E-state index contributed by atoms with van der Waals surface area (Å²) in [5.41, 5.74) is 0. The molecule has 1 N–H and O–H groups in total. The van der Waals surface area contributed by atoms with Crippen LogP contribution in [0.4, 0.5) is 0 Å². The molecule has 2 rings (SSSR count). The number of rotatable bonds is 1. The molecule has 0 unspecified atom stereocenters. The summed E-state index contributed by atoms with van der Waals surface area (Å²) in [6.07, 6.45) is 1.94. The number of ether oxygens (including phenoxy) is 1. The lowest BCUT2D eigenvalue weighted by molar-refractivity contribution is -0.156. The Labute approximate surface area is 76.6 Å². The summed E-state index contributed by atoms with van der Waals surface area (Å²) in [4.78, 5) is 22.2. The van der Waals surface area contributed by atoms with E-state index in [-0.39, 0.29) is 17.8 Å². The number of esters is 1. The van der Waals surface area contributed by atoms with E-state index in [9.17, 15) is 9.59 Å². The minimum absolute atomic E-state index is 0.0650. The molecule has 0 aliphatic carbocycles. The third-order valence-corrected chi connectivity index (χ3v) is 2.70. The first-order valence-corrected chi connectivity index (χ1v) is 4.63. The van der Waals surface area contributed by atoms with Gasteiger partial charge in [0.05, 0.1) is 6.04 Å². The van der Waals surface area contributed by atoms with Gasteiger partial charge < -0.3 is 10.1 Å². The predicted molar refractivity (Wildman–Crippen MR) is 45.1 cm³/mol. The van der Waals surface area contributed by atoms with Crippen LogP contribution in [0.2, 0.25) is 0 Å². The van der Waals surface area contributed by atoms with E-state index in [2.05, 4.69) is 5.32 Å². The van der Waals surface area contributed by atoms with Gasteiger partial charge in [-0.15, -0.1) is 0 Å². The number of Topliss-reactive ketones (excluding diaryl/α,β-unsaturated/α-hetero) is 1. The third-order valence-electron chi connectivity index (χ3n) is 2.70. The van der Waals surface area contributed by atoms with Crippen molar-refractivity contribution in [2.24, 2.45) is 0 Å². The van der Waals surface area contributed by atoms with Crippen LogP contribution in [-0.4, -0.2) is 29.9 Å². The fourth-order valence-electron chi connectivity index (χ4n) is 2.16. The quantitative estimate of drug-likeness (QED) is 0.582. The average Bonchev–Trinajstić information content (AvgIpc) is 2.42. The Kier molecular flexibility index (Phi) is 2.07. The van der Waals surface area contributed by atoms with Crippen molar-refractivity contribution in [3.8, 4) is 0 Å². The Balaban J connectivity index is 2.07. The third kappa shape index (κ3) is 1.58. The minimum atomic E-state index is -0.531. The van der Waals surface area contributed by atoms with Gasteiger partial charge in [0.1, 0.15) is 0 Å². The van der Waals surface area contributed by atoms with Crippen LogP contribution in [-0.2, 0) is 14.3 Å². The highest BCUT2D eigenvalue weighted by Crippen LogP contribution is 2.26. The van der Waals surface area contributed by atoms with Crippen molar-refractivity contribution in [2.75, 3.05) is 0 Å². The molecule has 0 radical (unpaired) electrons. The molecule has 2 aliphatic heterocycles. The van der Waals surface area contributed by atoms with E-state index in [1.165, 1.54) is 6.92 Å². The van der Waals surface area contributed by atoms with Gasteiger partial charge in [-0.2, -0.15) is 0 Å². The molecule has 2 aliphatic rings. The van der Waals surface area contributed by atoms with Gasteiger partial charge >= 0.3 is 5.97 Å². The molecule has 13 heavy (non-hydrogen) atoms. The van der Waals surface area contributed by atoms with E-state index >= 15 is 0 Å². The molecule has 72 valence electrons. The molecule has 0 spiro atoms. The first-order valence-electron chi connectivity index (χ1n) is 4.63. The summed E-state index contributed by atoms with van der Waals surface area (Å²) >= 11 is 0. The topological polar surface area (TPSA) is 55.4 Å². The van der Waals surface area contributed by atoms with Gasteiger partial charge in [-0.1, -0.05) is 0 Å². The van der Waals surface area contributed by atoms with Gasteiger partial charge in [0.2, 0.25) is 0 Å². The van der Waals surface area contributed by atoms with Crippen molar-refractivity contribution in [3.05, 3.63) is 0 Å². The molecular weight excluding hydrogens is 170 g/mol. The highest BCUT2D eigenvalue weighted by molar-refractivity contribution is 5.87. The lowest BCUT2D eigenvalue weighted by Crippen LogP contribution is -2.51. The molecule has 4 heteroatoms. The largest absolute Gasteiger partial charge is 0.453 e. The van der Waals surface area contributed by atoms with Crippen molar-refractivity contribution >= 4 is 11.8 Å². The second-order valence-corrected chi connectivity index (χ2v) is 3.75. The number of carbonyl (C=O) groups excluding carboxylic acids is 2. The Hall–Kier alpha value is -0.900. The van der Waals surface area contributed by atoms with Gasteiger partial charge in [0, 0.05) is 19.4 Å². The SMILES string of the molecule is CC(=O)O[C@H]1C(=O)C[C@@H]2CC[C@H]1N2. The molecule has 0 amide bonds. The molecule has 3 atom stereocenters. The van der Waals surface area contributed by atoms with Crippen LogP contribution >= 0.6 is 0 Å². The summed E-state index contributed by atoms with van der Waals surface area (Å²) in [5.74, 6) is -0.299. The van der Waals surface area contributed by atoms with E-state index < -0.39 is 6.10 Å². The molecule has 4 nitrogen and oxygen atoms in total. The highest BCUT2D eigenvalue weighted by atomic mass is 16.5. The number of nitrogens with one attached hydrogen (secondary N) is 1. The zero-order valence-electron chi connectivity index (χ0n) is 7.58. The normalized spacial score (nSPS) is 37.6. The standard InChI is InChI=1S/C9H13NO3/c1-5(11)13-9-7-3-2-6(10-7)4-8(9)12/h6-7,9-10H,2-4H2,1H3/t6-,7+,9+/m0/s1. The number of hydrogen-bond acceptors (Lipinski definition) is 4. The van der Waals surface area contributed by atoms with Crippen molar-refractivity contribution in [2.45, 2.75) is 44.4 Å². The number of piperidine rings is 1. The first kappa shape index (κ1) is 8.69. The van der Waals surface area contributed by atoms with Gasteiger partial charge in [-0.05, 0) is 12.8 Å². The van der Waals surface area contributed by atoms with Crippen LogP contribution in [0.1, 0.15) is 26.2 Å². The molecule has 0 aromatic heterocycles. The maximum atomic E-state index is 11.5. The average molecular weight is 183 g/mol. The fourth-order valence-corrected chi connectivity index (χ4v) is 2.16. The van der Waals surface area contributed by atoms with Crippen LogP contribution in [0, 0.1) is 0 Å². The van der Waals surface area contributed by atoms with Gasteiger partial charge in [0.15, 0.2) is 11.9 Å². The summed E-state index contributed by atoms with van der Waals surface area (Å²) in [6, 6.07) is 0.388. The van der Waals surface area contributed by atoms with Crippen LogP contribution < -0.4 is 5.32 Å². The summed E-state index contributed by atoms with van der Waals surface area (Å²) in [7, 11) is 0. The van der Waals surface area contributed by atoms with Crippen molar-refractivity contribution in [1.29, 1.82) is 0 Å². The summed E-state index contributed by atoms with van der Waals surface area (Å²) < 4.78 is 4.98. The minimum Gasteiger partial charge on any atom is -0.453 e. The number of ketones is 1. The monoisotopic (exact) mass is 183 g/mol. The second kappa shape index (κ2) is 3.10. The van der Waals surface area contributed by atoms with Crippen LogP contribution in [0.15, 0.2) is 0 Å². The van der Waals surface area contributed by atoms with E-state index in [4.69, 9.17) is 4.74 Å². The van der Waals surface area contributed by atoms with E-state index in [1.807, 2.05) is 0 Å². The van der Waals surface area contributed by atoms with Crippen molar-refractivity contribution < 1.29 is 14.3 Å². The molecule has 2 fully saturated rings. The van der Waals surface area contributed by atoms with Crippen LogP contribution in [0.5, 0.6) is 0 Å². The summed E-state index contributed by atoms with van der Waals surface area (Å²) in [5, 5.41) is 3.28. The summed E-state index contributed by atoms with van der Waals surface area (Å²) in [6.45, 7) is 1.34. The van der Waals surface area contributed by atoms with E-state index in [0.29, 0.717) is 12.5 Å². The van der Waals surface area contributed by atoms with Crippen molar-refractivity contribution in [3.63, 3.8) is 0 Å². The smallest absolute Gasteiger partial charge is 0.303 e. The second-order valence-electron chi connectivity index (χ2n) is 3.75. The maximum absolute atomic E-state index is 11.5. The number of hydrogen-bond donors (Lipinski definition) is 1. The Morgan fingerprint density at radius 2 is 2.31 bits per heavy atom. The Morgan fingerprint density at radius 3 is 3.00 bits per heavy atom. The molecule has 2 saturated heterocycles. The number of fused-ring (bicyclic) bond motifs is 2. The predicted octanol–water partition coefficient (Wildman–Crippen LogP) is 0.0115. The van der Waals surface area contributed by atoms with Crippen LogP contribution in [0.25, 0.3) is 0 Å². The zero-order chi connectivity index (χ0) is 9.42. The van der Waals surface area contributed by atoms with Gasteiger partial charge in [-0.25, -0.2) is 0 Å². The molecular formula is C9H13NO3. The van der Waals surface area contributed by atoms with E-state index in [0.717, 1.165) is 12.8 Å². The molecule has 0 aromatic rings. The highest BCUT2D eigenvalue weighted by Gasteiger charge is 2.42. The Morgan fingerprint density at radius 1 is 1.54 bits per heavy atom. The van der Waals surface area contributed by atoms with Gasteiger partial charge in [-0.3, -0.25) is 9.59 Å². The van der Waals surface area contributed by atoms with E-state index in [1.54, 1.807) is 0 Å². The van der Waals surface area contributed by atoms with Crippen molar-refractivity contribution in [1.82, 2.24) is 5.32 Å². The molecule has 0 aromatic carbocycles. The maximum Gasteiger partial charge on any atom is 0.303 e. The zero-order valence-corrected chi connectivity index (χ0v) is 7.58. The van der Waals surface area contributed by atoms with Crippen LogP contribution in [0.3, 0.4) is 0 Å². The molecule has 0 saturated carbocycles. The lowest BCUT2D eigenvalue weighted by Gasteiger charge is -2.28. The van der Waals surface area contributed by atoms with Gasteiger partial charge in [0.25, 0.3) is 0 Å². The Bertz CT molecular complexity index is 251. The lowest BCUT2D eigenvalue weighted by atomic mass is 10.0. The number of carbonyl (C=O) groups is 2. The molecule has 2 heterocycles.